The third-order valence-electron chi connectivity index (χ3n) is 5.49. The van der Waals surface area contributed by atoms with Gasteiger partial charge in [-0.1, -0.05) is 25.1 Å². The van der Waals surface area contributed by atoms with E-state index in [1.165, 1.54) is 0 Å². The van der Waals surface area contributed by atoms with Crippen molar-refractivity contribution in [1.29, 1.82) is 5.26 Å². The lowest BCUT2D eigenvalue weighted by atomic mass is 10.0. The van der Waals surface area contributed by atoms with Gasteiger partial charge in [-0.05, 0) is 43.9 Å². The summed E-state index contributed by atoms with van der Waals surface area (Å²) < 4.78 is 7.24. The van der Waals surface area contributed by atoms with E-state index in [9.17, 15) is 4.79 Å². The normalized spacial score (nSPS) is 16.4. The van der Waals surface area contributed by atoms with Crippen molar-refractivity contribution in [3.63, 3.8) is 0 Å². The van der Waals surface area contributed by atoms with E-state index in [4.69, 9.17) is 9.78 Å². The van der Waals surface area contributed by atoms with Crippen LogP contribution in [-0.2, 0) is 6.54 Å². The van der Waals surface area contributed by atoms with Crippen molar-refractivity contribution in [3.8, 4) is 17.3 Å². The van der Waals surface area contributed by atoms with Crippen LogP contribution in [0, 0.1) is 31.2 Å². The minimum absolute atomic E-state index is 0.0379. The molecular formula is C22H26N6O2. The van der Waals surface area contributed by atoms with Crippen molar-refractivity contribution in [1.82, 2.24) is 25.2 Å². The van der Waals surface area contributed by atoms with Gasteiger partial charge in [0.1, 0.15) is 5.76 Å². The maximum absolute atomic E-state index is 13.0. The standard InChI is InChI=1S/C22H26N6O2/c1-13(2)10-28-19-9-16(20-14(3)26-30-15(20)4)5-6-18(19)21(25-28)22(29)24-17-7-8-27(11-17)12-23/h5-6,9,13,17H,7-8,10-11H2,1-4H3,(H,24,29). The third kappa shape index (κ3) is 3.63. The van der Waals surface area contributed by atoms with Gasteiger partial charge >= 0.3 is 0 Å². The Morgan fingerprint density at radius 1 is 1.40 bits per heavy atom. The Hall–Kier alpha value is -3.34. The van der Waals surface area contributed by atoms with Crippen LogP contribution in [0.25, 0.3) is 22.0 Å². The minimum Gasteiger partial charge on any atom is -0.361 e. The molecule has 1 aliphatic heterocycles. The molecule has 1 unspecified atom stereocenters. The van der Waals surface area contributed by atoms with E-state index in [-0.39, 0.29) is 11.9 Å². The molecule has 1 N–H and O–H groups in total. The van der Waals surface area contributed by atoms with Crippen molar-refractivity contribution >= 4 is 16.8 Å². The van der Waals surface area contributed by atoms with Crippen LogP contribution in [0.15, 0.2) is 22.7 Å². The van der Waals surface area contributed by atoms with Crippen LogP contribution in [0.4, 0.5) is 0 Å². The van der Waals surface area contributed by atoms with E-state index in [2.05, 4.69) is 41.7 Å². The summed E-state index contributed by atoms with van der Waals surface area (Å²) in [5.41, 5.74) is 4.14. The number of rotatable bonds is 5. The Balaban J connectivity index is 1.72. The summed E-state index contributed by atoms with van der Waals surface area (Å²) in [7, 11) is 0. The number of amides is 1. The van der Waals surface area contributed by atoms with Gasteiger partial charge < -0.3 is 14.7 Å². The largest absolute Gasteiger partial charge is 0.361 e. The molecule has 1 saturated heterocycles. The predicted molar refractivity (Wildman–Crippen MR) is 113 cm³/mol. The van der Waals surface area contributed by atoms with Gasteiger partial charge in [-0.2, -0.15) is 10.4 Å². The molecule has 2 aromatic heterocycles. The highest BCUT2D eigenvalue weighted by Gasteiger charge is 2.26. The summed E-state index contributed by atoms with van der Waals surface area (Å²) in [6.45, 7) is 10.00. The smallest absolute Gasteiger partial charge is 0.272 e. The van der Waals surface area contributed by atoms with Crippen LogP contribution in [0.2, 0.25) is 0 Å². The topological polar surface area (TPSA) is 100.0 Å². The number of carbonyl (C=O) groups is 1. The molecule has 156 valence electrons. The van der Waals surface area contributed by atoms with Crippen LogP contribution in [0.1, 0.15) is 42.2 Å². The first-order chi connectivity index (χ1) is 14.4. The Morgan fingerprint density at radius 2 is 2.20 bits per heavy atom. The maximum Gasteiger partial charge on any atom is 0.272 e. The van der Waals surface area contributed by atoms with E-state index < -0.39 is 0 Å². The van der Waals surface area contributed by atoms with Crippen LogP contribution in [0.5, 0.6) is 0 Å². The van der Waals surface area contributed by atoms with E-state index in [0.717, 1.165) is 39.9 Å². The lowest BCUT2D eigenvalue weighted by Crippen LogP contribution is -2.36. The fourth-order valence-electron chi connectivity index (χ4n) is 4.10. The Morgan fingerprint density at radius 3 is 2.83 bits per heavy atom. The molecule has 1 fully saturated rings. The molecule has 30 heavy (non-hydrogen) atoms. The summed E-state index contributed by atoms with van der Waals surface area (Å²) in [4.78, 5) is 14.7. The number of fused-ring (bicyclic) bond motifs is 1. The van der Waals surface area contributed by atoms with E-state index in [1.54, 1.807) is 4.90 Å². The van der Waals surface area contributed by atoms with E-state index in [1.807, 2.05) is 30.7 Å². The highest BCUT2D eigenvalue weighted by molar-refractivity contribution is 6.05. The van der Waals surface area contributed by atoms with Crippen molar-refractivity contribution in [2.45, 2.75) is 46.7 Å². The average Bonchev–Trinajstić information content (AvgIpc) is 3.39. The van der Waals surface area contributed by atoms with Gasteiger partial charge in [-0.3, -0.25) is 9.48 Å². The molecule has 1 aliphatic rings. The van der Waals surface area contributed by atoms with Crippen LogP contribution in [0.3, 0.4) is 0 Å². The SMILES string of the molecule is Cc1noc(C)c1-c1ccc2c(C(=O)NC3CCN(C#N)C3)nn(CC(C)C)c2c1. The summed E-state index contributed by atoms with van der Waals surface area (Å²) in [6.07, 6.45) is 2.90. The molecular weight excluding hydrogens is 380 g/mol. The second kappa shape index (κ2) is 7.82. The lowest BCUT2D eigenvalue weighted by Gasteiger charge is -2.11. The quantitative estimate of drug-likeness (QED) is 0.653. The number of hydrogen-bond acceptors (Lipinski definition) is 6. The first-order valence-electron chi connectivity index (χ1n) is 10.3. The Labute approximate surface area is 175 Å². The number of benzene rings is 1. The molecule has 1 amide bonds. The zero-order valence-corrected chi connectivity index (χ0v) is 17.8. The number of aryl methyl sites for hydroxylation is 2. The lowest BCUT2D eigenvalue weighted by molar-refractivity contribution is 0.0934. The molecule has 0 spiro atoms. The zero-order valence-electron chi connectivity index (χ0n) is 17.8. The van der Waals surface area contributed by atoms with Gasteiger partial charge in [0, 0.05) is 36.6 Å². The van der Waals surface area contributed by atoms with Gasteiger partial charge in [0.15, 0.2) is 11.9 Å². The van der Waals surface area contributed by atoms with Crippen molar-refractivity contribution in [2.75, 3.05) is 13.1 Å². The molecule has 0 bridgehead atoms. The fraction of sp³-hybridized carbons (Fsp3) is 0.455. The third-order valence-corrected chi connectivity index (χ3v) is 5.49. The van der Waals surface area contributed by atoms with Crippen LogP contribution < -0.4 is 5.32 Å². The molecule has 3 heterocycles. The maximum atomic E-state index is 13.0. The highest BCUT2D eigenvalue weighted by Crippen LogP contribution is 2.31. The average molecular weight is 406 g/mol. The summed E-state index contributed by atoms with van der Waals surface area (Å²) >= 11 is 0. The fourth-order valence-corrected chi connectivity index (χ4v) is 4.10. The van der Waals surface area contributed by atoms with E-state index in [0.29, 0.717) is 31.2 Å². The number of carbonyl (C=O) groups excluding carboxylic acids is 1. The van der Waals surface area contributed by atoms with E-state index >= 15 is 0 Å². The second-order valence-corrected chi connectivity index (χ2v) is 8.36. The molecule has 0 radical (unpaired) electrons. The first kappa shape index (κ1) is 20.0. The Bertz CT molecular complexity index is 1120. The number of hydrogen-bond donors (Lipinski definition) is 1. The van der Waals surface area contributed by atoms with Crippen LogP contribution in [-0.4, -0.2) is 44.9 Å². The first-order valence-corrected chi connectivity index (χ1v) is 10.3. The number of likely N-dealkylation sites (tertiary alicyclic amines) is 1. The number of nitriles is 1. The molecule has 8 heteroatoms. The van der Waals surface area contributed by atoms with Gasteiger partial charge in [0.05, 0.1) is 11.2 Å². The summed E-state index contributed by atoms with van der Waals surface area (Å²) in [5, 5.41) is 21.6. The zero-order chi connectivity index (χ0) is 21.4. The van der Waals surface area contributed by atoms with Crippen molar-refractivity contribution in [3.05, 3.63) is 35.3 Å². The molecule has 0 aliphatic carbocycles. The van der Waals surface area contributed by atoms with Crippen LogP contribution >= 0.6 is 0 Å². The number of nitrogens with one attached hydrogen (secondary N) is 1. The molecule has 8 nitrogen and oxygen atoms in total. The van der Waals surface area contributed by atoms with Crippen molar-refractivity contribution in [2.24, 2.45) is 5.92 Å². The molecule has 4 rings (SSSR count). The summed E-state index contributed by atoms with van der Waals surface area (Å²) in [5.74, 6) is 0.950. The molecule has 0 saturated carbocycles. The minimum atomic E-state index is -0.197. The highest BCUT2D eigenvalue weighted by atomic mass is 16.5. The van der Waals surface area contributed by atoms with Crippen molar-refractivity contribution < 1.29 is 9.32 Å². The summed E-state index contributed by atoms with van der Waals surface area (Å²) in [6, 6.07) is 5.95. The molecule has 1 aromatic carbocycles. The monoisotopic (exact) mass is 406 g/mol. The van der Waals surface area contributed by atoms with Gasteiger partial charge in [-0.15, -0.1) is 0 Å². The van der Waals surface area contributed by atoms with Gasteiger partial charge in [0.2, 0.25) is 0 Å². The van der Waals surface area contributed by atoms with Gasteiger partial charge in [-0.25, -0.2) is 0 Å². The predicted octanol–water partition coefficient (Wildman–Crippen LogP) is 3.25. The molecule has 3 aromatic rings. The number of aromatic nitrogens is 3. The van der Waals surface area contributed by atoms with Gasteiger partial charge in [0.25, 0.3) is 5.91 Å². The molecule has 1 atom stereocenters. The number of nitrogens with zero attached hydrogens (tertiary/aromatic N) is 5. The second-order valence-electron chi connectivity index (χ2n) is 8.36. The Kier molecular flexibility index (Phi) is 5.20.